The van der Waals surface area contributed by atoms with E-state index < -0.39 is 5.82 Å². The number of carbonyl (C=O) groups is 2. The van der Waals surface area contributed by atoms with Crippen LogP contribution in [0.15, 0.2) is 24.3 Å². The molecule has 1 fully saturated rings. The summed E-state index contributed by atoms with van der Waals surface area (Å²) >= 11 is 3.33. The number of piperidine rings is 1. The molecule has 1 saturated heterocycles. The van der Waals surface area contributed by atoms with Crippen LogP contribution in [0.4, 0.5) is 9.39 Å². The fourth-order valence-corrected chi connectivity index (χ4v) is 6.22. The fourth-order valence-electron chi connectivity index (χ4n) is 3.82. The summed E-state index contributed by atoms with van der Waals surface area (Å²) in [6.07, 6.45) is 4.27. The molecule has 4 nitrogen and oxygen atoms in total. The first kappa shape index (κ1) is 19.6. The monoisotopic (exact) mass is 418 g/mol. The van der Waals surface area contributed by atoms with E-state index >= 15 is 0 Å². The number of halogens is 1. The molecule has 2 aliphatic heterocycles. The van der Waals surface area contributed by atoms with Gasteiger partial charge in [-0.15, -0.1) is 11.3 Å². The van der Waals surface area contributed by atoms with Crippen LogP contribution in [0.2, 0.25) is 0 Å². The molecule has 3 heterocycles. The van der Waals surface area contributed by atoms with E-state index in [1.54, 1.807) is 12.1 Å². The SMILES string of the molecule is O=C(CN1CCCCC1)Nc1sc2c(c1C(=O)c1cccc(F)c1)CCSC2. The molecule has 0 saturated carbocycles. The zero-order valence-corrected chi connectivity index (χ0v) is 17.3. The predicted octanol–water partition coefficient (Wildman–Crippen LogP) is 4.33. The van der Waals surface area contributed by atoms with Crippen LogP contribution >= 0.6 is 23.1 Å². The smallest absolute Gasteiger partial charge is 0.239 e. The highest BCUT2D eigenvalue weighted by molar-refractivity contribution is 7.98. The Morgan fingerprint density at radius 2 is 2.00 bits per heavy atom. The van der Waals surface area contributed by atoms with Gasteiger partial charge < -0.3 is 5.32 Å². The molecular formula is C21H23FN2O2S2. The van der Waals surface area contributed by atoms with Crippen molar-refractivity contribution in [1.29, 1.82) is 0 Å². The van der Waals surface area contributed by atoms with Crippen LogP contribution in [0.5, 0.6) is 0 Å². The number of thioether (sulfide) groups is 1. The Labute approximate surface area is 172 Å². The summed E-state index contributed by atoms with van der Waals surface area (Å²) in [7, 11) is 0. The lowest BCUT2D eigenvalue weighted by Gasteiger charge is -2.25. The van der Waals surface area contributed by atoms with Crippen LogP contribution in [0.25, 0.3) is 0 Å². The summed E-state index contributed by atoms with van der Waals surface area (Å²) < 4.78 is 13.7. The van der Waals surface area contributed by atoms with E-state index in [0.717, 1.165) is 54.3 Å². The first-order valence-electron chi connectivity index (χ1n) is 9.66. The number of amides is 1. The minimum atomic E-state index is -0.429. The highest BCUT2D eigenvalue weighted by Crippen LogP contribution is 2.40. The number of anilines is 1. The lowest BCUT2D eigenvalue weighted by Crippen LogP contribution is -2.36. The van der Waals surface area contributed by atoms with E-state index in [-0.39, 0.29) is 11.7 Å². The topological polar surface area (TPSA) is 49.4 Å². The molecule has 0 spiro atoms. The van der Waals surface area contributed by atoms with Crippen molar-refractivity contribution < 1.29 is 14.0 Å². The van der Waals surface area contributed by atoms with Gasteiger partial charge in [0.1, 0.15) is 10.8 Å². The third kappa shape index (κ3) is 4.31. The van der Waals surface area contributed by atoms with E-state index in [0.29, 0.717) is 22.7 Å². The average molecular weight is 419 g/mol. The van der Waals surface area contributed by atoms with Gasteiger partial charge in [-0.05, 0) is 55.8 Å². The van der Waals surface area contributed by atoms with Crippen LogP contribution in [0.1, 0.15) is 45.6 Å². The number of nitrogens with one attached hydrogen (secondary N) is 1. The van der Waals surface area contributed by atoms with Crippen molar-refractivity contribution in [2.75, 3.05) is 30.7 Å². The van der Waals surface area contributed by atoms with E-state index in [1.165, 1.54) is 29.9 Å². The Morgan fingerprint density at radius 3 is 2.79 bits per heavy atom. The third-order valence-electron chi connectivity index (χ3n) is 5.20. The van der Waals surface area contributed by atoms with Crippen molar-refractivity contribution in [2.45, 2.75) is 31.4 Å². The Morgan fingerprint density at radius 1 is 1.18 bits per heavy atom. The molecule has 148 valence electrons. The normalized spacial score (nSPS) is 17.2. The Balaban J connectivity index is 1.60. The van der Waals surface area contributed by atoms with Gasteiger partial charge in [0.2, 0.25) is 5.91 Å². The number of fused-ring (bicyclic) bond motifs is 1. The fraction of sp³-hybridized carbons (Fsp3) is 0.429. The number of likely N-dealkylation sites (tertiary alicyclic amines) is 1. The lowest BCUT2D eigenvalue weighted by molar-refractivity contribution is -0.117. The Hall–Kier alpha value is -1.70. The van der Waals surface area contributed by atoms with Crippen LogP contribution in [-0.4, -0.2) is 42.0 Å². The van der Waals surface area contributed by atoms with Gasteiger partial charge >= 0.3 is 0 Å². The second kappa shape index (κ2) is 8.76. The lowest BCUT2D eigenvalue weighted by atomic mass is 9.98. The van der Waals surface area contributed by atoms with Gasteiger partial charge in [-0.2, -0.15) is 11.8 Å². The summed E-state index contributed by atoms with van der Waals surface area (Å²) in [5.74, 6) is 1.08. The quantitative estimate of drug-likeness (QED) is 0.734. The van der Waals surface area contributed by atoms with E-state index in [4.69, 9.17) is 0 Å². The summed E-state index contributed by atoms with van der Waals surface area (Å²) in [6, 6.07) is 5.78. The molecule has 0 unspecified atom stereocenters. The van der Waals surface area contributed by atoms with Crippen molar-refractivity contribution in [1.82, 2.24) is 4.90 Å². The summed E-state index contributed by atoms with van der Waals surface area (Å²) in [5, 5.41) is 3.61. The first-order chi connectivity index (χ1) is 13.6. The number of thiophene rings is 1. The second-order valence-corrected chi connectivity index (χ2v) is 9.45. The average Bonchev–Trinajstić information content (AvgIpc) is 3.05. The largest absolute Gasteiger partial charge is 0.316 e. The third-order valence-corrected chi connectivity index (χ3v) is 7.52. The van der Waals surface area contributed by atoms with E-state index in [1.807, 2.05) is 11.8 Å². The molecule has 0 bridgehead atoms. The number of hydrogen-bond donors (Lipinski definition) is 1. The molecule has 4 rings (SSSR count). The number of nitrogens with zero attached hydrogens (tertiary/aromatic N) is 1. The number of carbonyl (C=O) groups excluding carboxylic acids is 2. The van der Waals surface area contributed by atoms with E-state index in [2.05, 4.69) is 10.2 Å². The van der Waals surface area contributed by atoms with Crippen molar-refractivity contribution in [3.05, 3.63) is 51.7 Å². The van der Waals surface area contributed by atoms with Gasteiger partial charge in [-0.1, -0.05) is 18.6 Å². The molecule has 2 aliphatic rings. The van der Waals surface area contributed by atoms with Gasteiger partial charge in [-0.25, -0.2) is 4.39 Å². The summed E-state index contributed by atoms with van der Waals surface area (Å²) in [6.45, 7) is 2.24. The van der Waals surface area contributed by atoms with Crippen molar-refractivity contribution in [3.63, 3.8) is 0 Å². The molecule has 0 radical (unpaired) electrons. The molecule has 0 aliphatic carbocycles. The highest BCUT2D eigenvalue weighted by Gasteiger charge is 2.27. The number of benzene rings is 1. The van der Waals surface area contributed by atoms with Gasteiger partial charge in [0.05, 0.1) is 12.1 Å². The van der Waals surface area contributed by atoms with Crippen molar-refractivity contribution in [2.24, 2.45) is 0 Å². The van der Waals surface area contributed by atoms with Crippen LogP contribution in [0.3, 0.4) is 0 Å². The zero-order valence-electron chi connectivity index (χ0n) is 15.6. The molecule has 1 N–H and O–H groups in total. The minimum absolute atomic E-state index is 0.0820. The maximum absolute atomic E-state index is 13.7. The molecule has 28 heavy (non-hydrogen) atoms. The van der Waals surface area contributed by atoms with Crippen LogP contribution in [-0.2, 0) is 17.0 Å². The molecule has 0 atom stereocenters. The standard InChI is InChI=1S/C21H23FN2O2S2/c22-15-6-4-5-14(11-15)20(26)19-16-7-10-27-13-17(16)28-21(19)23-18(25)12-24-8-2-1-3-9-24/h4-6,11H,1-3,7-10,12-13H2,(H,23,25). The summed E-state index contributed by atoms with van der Waals surface area (Å²) in [4.78, 5) is 29.1. The van der Waals surface area contributed by atoms with Gasteiger partial charge in [0, 0.05) is 16.2 Å². The molecule has 1 amide bonds. The summed E-state index contributed by atoms with van der Waals surface area (Å²) in [5.41, 5.74) is 1.90. The zero-order chi connectivity index (χ0) is 19.5. The van der Waals surface area contributed by atoms with Crippen molar-refractivity contribution >= 4 is 39.8 Å². The number of hydrogen-bond acceptors (Lipinski definition) is 5. The molecular weight excluding hydrogens is 395 g/mol. The predicted molar refractivity (Wildman–Crippen MR) is 113 cm³/mol. The Kier molecular flexibility index (Phi) is 6.13. The van der Waals surface area contributed by atoms with Gasteiger partial charge in [0.15, 0.2) is 5.78 Å². The Bertz CT molecular complexity index is 891. The van der Waals surface area contributed by atoms with Crippen molar-refractivity contribution in [3.8, 4) is 0 Å². The van der Waals surface area contributed by atoms with E-state index in [9.17, 15) is 14.0 Å². The number of ketones is 1. The number of rotatable bonds is 5. The first-order valence-corrected chi connectivity index (χ1v) is 11.6. The van der Waals surface area contributed by atoms with Gasteiger partial charge in [-0.3, -0.25) is 14.5 Å². The van der Waals surface area contributed by atoms with Crippen LogP contribution in [0, 0.1) is 5.82 Å². The maximum atomic E-state index is 13.7. The maximum Gasteiger partial charge on any atom is 0.239 e. The van der Waals surface area contributed by atoms with Crippen LogP contribution < -0.4 is 5.32 Å². The molecule has 1 aromatic carbocycles. The second-order valence-electron chi connectivity index (χ2n) is 7.23. The molecule has 1 aromatic heterocycles. The molecule has 7 heteroatoms. The van der Waals surface area contributed by atoms with Gasteiger partial charge in [0.25, 0.3) is 0 Å². The highest BCUT2D eigenvalue weighted by atomic mass is 32.2. The molecule has 2 aromatic rings. The minimum Gasteiger partial charge on any atom is -0.316 e.